The van der Waals surface area contributed by atoms with E-state index in [9.17, 15) is 14.4 Å². The van der Waals surface area contributed by atoms with Crippen LogP contribution in [0.3, 0.4) is 0 Å². The highest BCUT2D eigenvalue weighted by Crippen LogP contribution is 2.27. The number of hydrogen-bond donors (Lipinski definition) is 0. The lowest BCUT2D eigenvalue weighted by molar-refractivity contribution is -0.127. The fraction of sp³-hybridized carbons (Fsp3) is 0.304. The predicted molar refractivity (Wildman–Crippen MR) is 111 cm³/mol. The van der Waals surface area contributed by atoms with Gasteiger partial charge in [-0.2, -0.15) is 5.26 Å². The number of fused-ring (bicyclic) bond motifs is 1. The van der Waals surface area contributed by atoms with E-state index in [2.05, 4.69) is 17.0 Å². The summed E-state index contributed by atoms with van der Waals surface area (Å²) >= 11 is 0. The Labute approximate surface area is 170 Å². The predicted octanol–water partition coefficient (Wildman–Crippen LogP) is 3.33. The molecule has 0 saturated carbocycles. The Morgan fingerprint density at radius 3 is 2.45 bits per heavy atom. The van der Waals surface area contributed by atoms with Crippen LogP contribution in [-0.2, 0) is 11.2 Å². The Kier molecular flexibility index (Phi) is 5.48. The van der Waals surface area contributed by atoms with Gasteiger partial charge in [0.15, 0.2) is 0 Å². The Bertz CT molecular complexity index is 956. The van der Waals surface area contributed by atoms with Crippen molar-refractivity contribution < 1.29 is 9.18 Å². The van der Waals surface area contributed by atoms with Crippen LogP contribution in [0.2, 0.25) is 0 Å². The van der Waals surface area contributed by atoms with Crippen molar-refractivity contribution in [3.8, 4) is 6.07 Å². The SMILES string of the molecule is N#C/C(=C/N1CCCc2ccccc21)C(=O)N1CCN(c2ccc(F)cc2)CC1. The number of nitriles is 1. The first-order valence-electron chi connectivity index (χ1n) is 9.92. The highest BCUT2D eigenvalue weighted by atomic mass is 19.1. The van der Waals surface area contributed by atoms with Gasteiger partial charge in [0, 0.05) is 50.3 Å². The first-order chi connectivity index (χ1) is 14.2. The monoisotopic (exact) mass is 390 g/mol. The highest BCUT2D eigenvalue weighted by Gasteiger charge is 2.25. The first-order valence-corrected chi connectivity index (χ1v) is 9.92. The van der Waals surface area contributed by atoms with E-state index in [1.165, 1.54) is 17.7 Å². The number of halogens is 1. The molecule has 1 saturated heterocycles. The third-order valence-corrected chi connectivity index (χ3v) is 5.54. The van der Waals surface area contributed by atoms with Crippen LogP contribution < -0.4 is 9.80 Å². The number of aryl methyl sites for hydroxylation is 1. The second-order valence-corrected chi connectivity index (χ2v) is 7.34. The van der Waals surface area contributed by atoms with Crippen molar-refractivity contribution in [2.24, 2.45) is 0 Å². The number of carbonyl (C=O) groups is 1. The molecule has 5 nitrogen and oxygen atoms in total. The Balaban J connectivity index is 1.44. The van der Waals surface area contributed by atoms with Crippen LogP contribution in [0.1, 0.15) is 12.0 Å². The molecule has 0 bridgehead atoms. The molecule has 148 valence electrons. The minimum Gasteiger partial charge on any atom is -0.368 e. The molecule has 0 aromatic heterocycles. The summed E-state index contributed by atoms with van der Waals surface area (Å²) in [6.07, 6.45) is 3.71. The number of anilines is 2. The van der Waals surface area contributed by atoms with Crippen molar-refractivity contribution in [1.29, 1.82) is 5.26 Å². The van der Waals surface area contributed by atoms with Crippen molar-refractivity contribution in [2.45, 2.75) is 12.8 Å². The number of benzene rings is 2. The molecule has 2 aromatic carbocycles. The van der Waals surface area contributed by atoms with Gasteiger partial charge in [0.2, 0.25) is 0 Å². The lowest BCUT2D eigenvalue weighted by Gasteiger charge is -2.36. The smallest absolute Gasteiger partial charge is 0.266 e. The summed E-state index contributed by atoms with van der Waals surface area (Å²) in [5.41, 5.74) is 3.42. The zero-order chi connectivity index (χ0) is 20.2. The van der Waals surface area contributed by atoms with Gasteiger partial charge in [-0.15, -0.1) is 0 Å². The average Bonchev–Trinajstić information content (AvgIpc) is 2.78. The molecule has 4 rings (SSSR count). The van der Waals surface area contributed by atoms with Gasteiger partial charge in [0.05, 0.1) is 0 Å². The fourth-order valence-corrected chi connectivity index (χ4v) is 3.97. The third kappa shape index (κ3) is 4.09. The van der Waals surface area contributed by atoms with E-state index in [0.717, 1.165) is 30.8 Å². The summed E-state index contributed by atoms with van der Waals surface area (Å²) in [6.45, 7) is 3.18. The number of nitrogens with zero attached hydrogens (tertiary/aromatic N) is 4. The number of carbonyl (C=O) groups excluding carboxylic acids is 1. The molecule has 0 unspecified atom stereocenters. The summed E-state index contributed by atoms with van der Waals surface area (Å²) in [4.78, 5) is 18.8. The third-order valence-electron chi connectivity index (χ3n) is 5.54. The molecule has 2 aromatic rings. The van der Waals surface area contributed by atoms with E-state index >= 15 is 0 Å². The zero-order valence-electron chi connectivity index (χ0n) is 16.2. The maximum Gasteiger partial charge on any atom is 0.266 e. The van der Waals surface area contributed by atoms with E-state index in [-0.39, 0.29) is 17.3 Å². The van der Waals surface area contributed by atoms with Crippen LogP contribution in [0.4, 0.5) is 15.8 Å². The maximum absolute atomic E-state index is 13.1. The molecule has 29 heavy (non-hydrogen) atoms. The fourth-order valence-electron chi connectivity index (χ4n) is 3.97. The molecule has 0 N–H and O–H groups in total. The molecule has 2 aliphatic rings. The minimum atomic E-state index is -0.259. The molecule has 2 heterocycles. The first kappa shape index (κ1) is 19.0. The van der Waals surface area contributed by atoms with Crippen LogP contribution in [0, 0.1) is 17.1 Å². The molecule has 1 amide bonds. The molecule has 0 atom stereocenters. The van der Waals surface area contributed by atoms with E-state index in [1.54, 1.807) is 23.2 Å². The van der Waals surface area contributed by atoms with Crippen molar-refractivity contribution in [3.05, 3.63) is 71.7 Å². The highest BCUT2D eigenvalue weighted by molar-refractivity contribution is 5.97. The summed E-state index contributed by atoms with van der Waals surface area (Å²) in [5.74, 6) is -0.486. The number of amides is 1. The standard InChI is InChI=1S/C23H23FN4O/c24-20-7-9-21(10-8-20)26-12-14-27(15-13-26)23(29)19(16-25)17-28-11-3-5-18-4-1-2-6-22(18)28/h1-2,4,6-10,17H,3,5,11-15H2/b19-17-. The normalized spacial score (nSPS) is 17.0. The molecule has 1 fully saturated rings. The van der Waals surface area contributed by atoms with Crippen LogP contribution in [0.5, 0.6) is 0 Å². The van der Waals surface area contributed by atoms with Gasteiger partial charge in [0.25, 0.3) is 5.91 Å². The van der Waals surface area contributed by atoms with E-state index in [0.29, 0.717) is 26.2 Å². The maximum atomic E-state index is 13.1. The largest absolute Gasteiger partial charge is 0.368 e. The summed E-state index contributed by atoms with van der Waals surface area (Å²) in [5, 5.41) is 9.62. The second kappa shape index (κ2) is 8.36. The van der Waals surface area contributed by atoms with Crippen LogP contribution in [0.25, 0.3) is 0 Å². The molecule has 0 aliphatic carbocycles. The van der Waals surface area contributed by atoms with Crippen LogP contribution >= 0.6 is 0 Å². The molecule has 0 radical (unpaired) electrons. The van der Waals surface area contributed by atoms with Gasteiger partial charge >= 0.3 is 0 Å². The van der Waals surface area contributed by atoms with Gasteiger partial charge in [-0.25, -0.2) is 4.39 Å². The second-order valence-electron chi connectivity index (χ2n) is 7.34. The summed E-state index contributed by atoms with van der Waals surface area (Å²) in [6, 6.07) is 16.6. The molecule has 6 heteroatoms. The number of para-hydroxylation sites is 1. The van der Waals surface area contributed by atoms with Gasteiger partial charge in [-0.3, -0.25) is 4.79 Å². The van der Waals surface area contributed by atoms with Crippen molar-refractivity contribution in [1.82, 2.24) is 4.90 Å². The number of hydrogen-bond acceptors (Lipinski definition) is 4. The van der Waals surface area contributed by atoms with Crippen LogP contribution in [0.15, 0.2) is 60.3 Å². The molecular formula is C23H23FN4O. The van der Waals surface area contributed by atoms with E-state index < -0.39 is 0 Å². The zero-order valence-corrected chi connectivity index (χ0v) is 16.2. The van der Waals surface area contributed by atoms with E-state index in [4.69, 9.17) is 0 Å². The average molecular weight is 390 g/mol. The Morgan fingerprint density at radius 2 is 1.72 bits per heavy atom. The Hall–Kier alpha value is -3.33. The molecule has 2 aliphatic heterocycles. The van der Waals surface area contributed by atoms with Gasteiger partial charge in [-0.05, 0) is 48.7 Å². The lowest BCUT2D eigenvalue weighted by Crippen LogP contribution is -2.49. The van der Waals surface area contributed by atoms with Crippen molar-refractivity contribution >= 4 is 17.3 Å². The molecular weight excluding hydrogens is 367 g/mol. The minimum absolute atomic E-state index is 0.164. The lowest BCUT2D eigenvalue weighted by atomic mass is 10.0. The van der Waals surface area contributed by atoms with Gasteiger partial charge < -0.3 is 14.7 Å². The number of rotatable bonds is 3. The van der Waals surface area contributed by atoms with Crippen molar-refractivity contribution in [3.63, 3.8) is 0 Å². The molecule has 0 spiro atoms. The van der Waals surface area contributed by atoms with Gasteiger partial charge in [0.1, 0.15) is 17.5 Å². The topological polar surface area (TPSA) is 50.6 Å². The number of piperazine rings is 1. The van der Waals surface area contributed by atoms with E-state index in [1.807, 2.05) is 23.1 Å². The quantitative estimate of drug-likeness (QED) is 0.596. The van der Waals surface area contributed by atoms with Crippen molar-refractivity contribution in [2.75, 3.05) is 42.5 Å². The van der Waals surface area contributed by atoms with Crippen LogP contribution in [-0.4, -0.2) is 43.5 Å². The Morgan fingerprint density at radius 1 is 1.00 bits per heavy atom. The summed E-state index contributed by atoms with van der Waals surface area (Å²) in [7, 11) is 0. The summed E-state index contributed by atoms with van der Waals surface area (Å²) < 4.78 is 13.1. The van der Waals surface area contributed by atoms with Gasteiger partial charge in [-0.1, -0.05) is 18.2 Å².